The largest absolute Gasteiger partial charge is 0.495 e. The van der Waals surface area contributed by atoms with E-state index in [0.717, 1.165) is 18.3 Å². The fraction of sp³-hybridized carbons (Fsp3) is 0.643. The average molecular weight is 261 g/mol. The second-order valence-corrected chi connectivity index (χ2v) is 6.33. The van der Waals surface area contributed by atoms with Gasteiger partial charge in [-0.05, 0) is 52.1 Å². The number of rotatable bonds is 3. The lowest BCUT2D eigenvalue weighted by atomic mass is 9.80. The van der Waals surface area contributed by atoms with Crippen LogP contribution in [0, 0.1) is 0 Å². The summed E-state index contributed by atoms with van der Waals surface area (Å²) in [5.41, 5.74) is 0.320. The fourth-order valence-electron chi connectivity index (χ4n) is 1.97. The van der Waals surface area contributed by atoms with E-state index in [1.807, 2.05) is 12.1 Å². The fourth-order valence-corrected chi connectivity index (χ4v) is 1.97. The Labute approximate surface area is 114 Å². The van der Waals surface area contributed by atoms with E-state index >= 15 is 0 Å². The van der Waals surface area contributed by atoms with Crippen LogP contribution in [0.15, 0.2) is 18.3 Å². The molecule has 19 heavy (non-hydrogen) atoms. The van der Waals surface area contributed by atoms with E-state index in [0.29, 0.717) is 12.0 Å². The average Bonchev–Trinajstić information content (AvgIpc) is 3.07. The number of nitrogens with zero attached hydrogens (tertiary/aromatic N) is 1. The summed E-state index contributed by atoms with van der Waals surface area (Å²) >= 11 is 0. The van der Waals surface area contributed by atoms with E-state index in [-0.39, 0.29) is 18.3 Å². The minimum atomic E-state index is -0.352. The van der Waals surface area contributed by atoms with Crippen LogP contribution in [-0.2, 0) is 9.31 Å². The van der Waals surface area contributed by atoms with Gasteiger partial charge in [0.1, 0.15) is 6.10 Å². The molecule has 0 spiro atoms. The molecule has 0 radical (unpaired) electrons. The van der Waals surface area contributed by atoms with Crippen LogP contribution < -0.4 is 10.2 Å². The van der Waals surface area contributed by atoms with Crippen molar-refractivity contribution in [1.29, 1.82) is 0 Å². The van der Waals surface area contributed by atoms with Crippen LogP contribution in [0.1, 0.15) is 40.5 Å². The van der Waals surface area contributed by atoms with Crippen molar-refractivity contribution in [3.05, 3.63) is 18.3 Å². The lowest BCUT2D eigenvalue weighted by molar-refractivity contribution is 0.00578. The molecule has 1 aliphatic carbocycles. The third kappa shape index (κ3) is 2.49. The smallest absolute Gasteiger partial charge is 0.474 e. The number of ether oxygens (including phenoxy) is 1. The monoisotopic (exact) mass is 261 g/mol. The molecule has 1 saturated heterocycles. The molecule has 0 N–H and O–H groups in total. The lowest BCUT2D eigenvalue weighted by Crippen LogP contribution is -2.41. The van der Waals surface area contributed by atoms with Crippen molar-refractivity contribution >= 4 is 12.6 Å². The molecule has 4 nitrogen and oxygen atoms in total. The number of hydrogen-bond donors (Lipinski definition) is 0. The maximum atomic E-state index is 6.02. The molecule has 102 valence electrons. The van der Waals surface area contributed by atoms with Crippen molar-refractivity contribution in [2.75, 3.05) is 0 Å². The Hall–Kier alpha value is -1.07. The van der Waals surface area contributed by atoms with Gasteiger partial charge in [0, 0.05) is 12.3 Å². The molecule has 0 amide bonds. The molecular weight excluding hydrogens is 241 g/mol. The number of pyridine rings is 1. The topological polar surface area (TPSA) is 40.6 Å². The zero-order valence-corrected chi connectivity index (χ0v) is 12.0. The molecule has 2 aliphatic rings. The molecule has 2 heterocycles. The molecule has 0 unspecified atom stereocenters. The van der Waals surface area contributed by atoms with E-state index in [2.05, 4.69) is 32.7 Å². The van der Waals surface area contributed by atoms with Crippen molar-refractivity contribution in [2.24, 2.45) is 0 Å². The second kappa shape index (κ2) is 4.22. The first-order valence-corrected chi connectivity index (χ1v) is 6.86. The SMILES string of the molecule is CC1(C)OB(c2ccnc(OC3CC3)c2)OC1(C)C. The first kappa shape index (κ1) is 12.9. The molecule has 2 fully saturated rings. The van der Waals surface area contributed by atoms with Crippen molar-refractivity contribution in [3.63, 3.8) is 0 Å². The van der Waals surface area contributed by atoms with Crippen LogP contribution >= 0.6 is 0 Å². The Morgan fingerprint density at radius 3 is 2.42 bits per heavy atom. The summed E-state index contributed by atoms with van der Waals surface area (Å²) in [4.78, 5) is 4.23. The molecule has 0 atom stereocenters. The van der Waals surface area contributed by atoms with Gasteiger partial charge in [-0.25, -0.2) is 4.98 Å². The van der Waals surface area contributed by atoms with E-state index in [9.17, 15) is 0 Å². The Kier molecular flexibility index (Phi) is 2.87. The Bertz CT molecular complexity index is 469. The quantitative estimate of drug-likeness (QED) is 0.779. The summed E-state index contributed by atoms with van der Waals surface area (Å²) in [6.45, 7) is 8.21. The third-order valence-corrected chi connectivity index (χ3v) is 4.10. The van der Waals surface area contributed by atoms with E-state index in [4.69, 9.17) is 14.0 Å². The van der Waals surface area contributed by atoms with Gasteiger partial charge in [-0.15, -0.1) is 0 Å². The summed E-state index contributed by atoms with van der Waals surface area (Å²) in [5, 5.41) is 0. The molecule has 1 saturated carbocycles. The van der Waals surface area contributed by atoms with Crippen LogP contribution in [0.5, 0.6) is 5.88 Å². The summed E-state index contributed by atoms with van der Waals surface area (Å²) in [6.07, 6.45) is 4.35. The molecule has 3 rings (SSSR count). The minimum absolute atomic E-state index is 0.321. The van der Waals surface area contributed by atoms with Gasteiger partial charge in [0.2, 0.25) is 5.88 Å². The highest BCUT2D eigenvalue weighted by Crippen LogP contribution is 2.36. The highest BCUT2D eigenvalue weighted by atomic mass is 16.7. The predicted molar refractivity (Wildman–Crippen MR) is 73.6 cm³/mol. The second-order valence-electron chi connectivity index (χ2n) is 6.33. The maximum Gasteiger partial charge on any atom is 0.495 e. The zero-order chi connectivity index (χ0) is 13.7. The van der Waals surface area contributed by atoms with Crippen LogP contribution in [0.3, 0.4) is 0 Å². The first-order chi connectivity index (χ1) is 8.87. The first-order valence-electron chi connectivity index (χ1n) is 6.86. The highest BCUT2D eigenvalue weighted by Gasteiger charge is 2.51. The number of hydrogen-bond acceptors (Lipinski definition) is 4. The van der Waals surface area contributed by atoms with Crippen molar-refractivity contribution in [3.8, 4) is 5.88 Å². The van der Waals surface area contributed by atoms with E-state index in [1.165, 1.54) is 0 Å². The van der Waals surface area contributed by atoms with Crippen molar-refractivity contribution in [1.82, 2.24) is 4.98 Å². The summed E-state index contributed by atoms with van der Waals surface area (Å²) < 4.78 is 17.7. The standard InChI is InChI=1S/C14H20BNO3/c1-13(2)14(3,4)19-15(18-13)10-7-8-16-12(9-10)17-11-5-6-11/h7-9,11H,5-6H2,1-4H3. The summed E-state index contributed by atoms with van der Waals surface area (Å²) in [7, 11) is -0.352. The van der Waals surface area contributed by atoms with Gasteiger partial charge in [-0.2, -0.15) is 0 Å². The van der Waals surface area contributed by atoms with Gasteiger partial charge in [0.15, 0.2) is 0 Å². The third-order valence-electron chi connectivity index (χ3n) is 4.10. The van der Waals surface area contributed by atoms with Gasteiger partial charge >= 0.3 is 7.12 Å². The zero-order valence-electron chi connectivity index (χ0n) is 12.0. The Balaban J connectivity index is 1.79. The molecule has 1 aromatic heterocycles. The summed E-state index contributed by atoms with van der Waals surface area (Å²) in [5.74, 6) is 0.662. The van der Waals surface area contributed by atoms with Gasteiger partial charge in [0.25, 0.3) is 0 Å². The van der Waals surface area contributed by atoms with Gasteiger partial charge in [-0.3, -0.25) is 0 Å². The Morgan fingerprint density at radius 1 is 1.21 bits per heavy atom. The normalized spacial score (nSPS) is 24.5. The maximum absolute atomic E-state index is 6.02. The van der Waals surface area contributed by atoms with Crippen LogP contribution in [0.4, 0.5) is 0 Å². The lowest BCUT2D eigenvalue weighted by Gasteiger charge is -2.32. The van der Waals surface area contributed by atoms with Crippen molar-refractivity contribution < 1.29 is 14.0 Å². The molecule has 5 heteroatoms. The number of aromatic nitrogens is 1. The van der Waals surface area contributed by atoms with Crippen molar-refractivity contribution in [2.45, 2.75) is 57.8 Å². The van der Waals surface area contributed by atoms with E-state index in [1.54, 1.807) is 6.20 Å². The van der Waals surface area contributed by atoms with Crippen LogP contribution in [-0.4, -0.2) is 29.4 Å². The molecule has 1 aromatic rings. The minimum Gasteiger partial charge on any atom is -0.474 e. The van der Waals surface area contributed by atoms with Crippen LogP contribution in [0.2, 0.25) is 0 Å². The summed E-state index contributed by atoms with van der Waals surface area (Å²) in [6, 6.07) is 3.84. The molecule has 0 bridgehead atoms. The highest BCUT2D eigenvalue weighted by molar-refractivity contribution is 6.62. The van der Waals surface area contributed by atoms with Gasteiger partial charge < -0.3 is 14.0 Å². The molecule has 0 aromatic carbocycles. The molecular formula is C14H20BNO3. The Morgan fingerprint density at radius 2 is 1.84 bits per heavy atom. The van der Waals surface area contributed by atoms with Gasteiger partial charge in [0.05, 0.1) is 11.2 Å². The van der Waals surface area contributed by atoms with E-state index < -0.39 is 0 Å². The van der Waals surface area contributed by atoms with Gasteiger partial charge in [-0.1, -0.05) is 0 Å². The predicted octanol–water partition coefficient (Wildman–Crippen LogP) is 1.92. The molecule has 1 aliphatic heterocycles. The van der Waals surface area contributed by atoms with Crippen LogP contribution in [0.25, 0.3) is 0 Å².